The smallest absolute Gasteiger partial charge is 0.175 e. The van der Waals surface area contributed by atoms with Gasteiger partial charge in [0, 0.05) is 5.54 Å². The topological polar surface area (TPSA) is 0 Å². The van der Waals surface area contributed by atoms with E-state index in [4.69, 9.17) is 44.3 Å². The first-order chi connectivity index (χ1) is 9.42. The molecule has 0 bridgehead atoms. The normalized spacial score (nSPS) is 11.5. The van der Waals surface area contributed by atoms with Gasteiger partial charge in [-0.3, -0.25) is 0 Å². The first kappa shape index (κ1) is 18.1. The number of hydrogen-bond donors (Lipinski definition) is 0. The van der Waals surface area contributed by atoms with Gasteiger partial charge in [0.1, 0.15) is 8.83 Å². The van der Waals surface area contributed by atoms with Gasteiger partial charge < -0.3 is 0 Å². The molecule has 2 aromatic carbocycles. The molecule has 2 rings (SSSR count). The van der Waals surface area contributed by atoms with Gasteiger partial charge in [-0.1, -0.05) is 60.7 Å². The molecule has 0 nitrogen and oxygen atoms in total. The summed E-state index contributed by atoms with van der Waals surface area (Å²) >= 11 is 21.8. The van der Waals surface area contributed by atoms with Gasteiger partial charge in [-0.2, -0.15) is 11.1 Å². The summed E-state index contributed by atoms with van der Waals surface area (Å²) < 4.78 is 0. The Kier molecular flexibility index (Phi) is 8.26. The van der Waals surface area contributed by atoms with Crippen LogP contribution in [0.3, 0.4) is 0 Å². The molecule has 0 fully saturated rings. The lowest BCUT2D eigenvalue weighted by molar-refractivity contribution is 1.13. The van der Waals surface area contributed by atoms with Gasteiger partial charge in [-0.25, -0.2) is 0 Å². The van der Waals surface area contributed by atoms with Gasteiger partial charge in [-0.15, -0.1) is 33.2 Å². The Balaban J connectivity index is 0.000000347. The lowest BCUT2D eigenvalue weighted by Gasteiger charge is -2.13. The van der Waals surface area contributed by atoms with Crippen molar-refractivity contribution in [3.63, 3.8) is 0 Å². The van der Waals surface area contributed by atoms with Crippen LogP contribution in [-0.4, -0.2) is 14.8 Å². The first-order valence-electron chi connectivity index (χ1n) is 6.14. The lowest BCUT2D eigenvalue weighted by Crippen LogP contribution is -2.04. The van der Waals surface area contributed by atoms with Crippen LogP contribution in [-0.2, 0) is 0 Å². The van der Waals surface area contributed by atoms with Gasteiger partial charge in [0.25, 0.3) is 0 Å². The molecule has 0 amide bonds. The summed E-state index contributed by atoms with van der Waals surface area (Å²) in [6, 6.07) is 18.8. The SMILES string of the molecule is C[Si](Cl)(Cl)Cl.Cl[SiH2]C(c1ccccc1)c1ccccc1. The molecule has 0 saturated carbocycles. The molecule has 0 aliphatic heterocycles. The molecule has 0 unspecified atom stereocenters. The molecule has 0 atom stereocenters. The Morgan fingerprint density at radius 2 is 1.10 bits per heavy atom. The molecule has 20 heavy (non-hydrogen) atoms. The highest BCUT2D eigenvalue weighted by molar-refractivity contribution is 7.64. The average Bonchev–Trinajstić information content (AvgIpc) is 2.40. The van der Waals surface area contributed by atoms with Crippen molar-refractivity contribution >= 4 is 59.1 Å². The minimum Gasteiger partial charge on any atom is -0.175 e. The molecular weight excluding hydrogens is 366 g/mol. The van der Waals surface area contributed by atoms with Crippen LogP contribution < -0.4 is 0 Å². The van der Waals surface area contributed by atoms with E-state index in [1.807, 2.05) is 12.1 Å². The molecule has 0 heterocycles. The van der Waals surface area contributed by atoms with Crippen molar-refractivity contribution in [1.82, 2.24) is 0 Å². The average molecular weight is 382 g/mol. The van der Waals surface area contributed by atoms with E-state index in [2.05, 4.69) is 48.5 Å². The molecule has 0 spiro atoms. The quantitative estimate of drug-likeness (QED) is 0.495. The van der Waals surface area contributed by atoms with Crippen LogP contribution in [0.4, 0.5) is 0 Å². The second-order valence-electron chi connectivity index (χ2n) is 4.31. The zero-order chi connectivity index (χ0) is 15.0. The highest BCUT2D eigenvalue weighted by atomic mass is 35.8. The van der Waals surface area contributed by atoms with Crippen molar-refractivity contribution in [2.45, 2.75) is 12.1 Å². The molecule has 6 heteroatoms. The number of hydrogen-bond acceptors (Lipinski definition) is 0. The van der Waals surface area contributed by atoms with Crippen molar-refractivity contribution in [1.29, 1.82) is 0 Å². The molecular formula is C14H16Cl4Si2. The second kappa shape index (κ2) is 9.13. The Bertz CT molecular complexity index is 440. The fraction of sp³-hybridized carbons (Fsp3) is 0.143. The molecule has 0 aliphatic rings. The minimum atomic E-state index is -2.19. The Morgan fingerprint density at radius 3 is 1.35 bits per heavy atom. The van der Waals surface area contributed by atoms with Crippen LogP contribution in [0.2, 0.25) is 6.55 Å². The summed E-state index contributed by atoms with van der Waals surface area (Å²) in [6.07, 6.45) is 0. The zero-order valence-electron chi connectivity index (χ0n) is 11.1. The van der Waals surface area contributed by atoms with Crippen LogP contribution in [0.5, 0.6) is 0 Å². The van der Waals surface area contributed by atoms with E-state index < -0.39 is 14.8 Å². The predicted octanol–water partition coefficient (Wildman–Crippen LogP) is 5.37. The summed E-state index contributed by atoms with van der Waals surface area (Å²) in [5.41, 5.74) is 3.12. The third-order valence-corrected chi connectivity index (χ3v) is 4.74. The van der Waals surface area contributed by atoms with Crippen LogP contribution in [0.15, 0.2) is 60.7 Å². The fourth-order valence-electron chi connectivity index (χ4n) is 1.74. The standard InChI is InChI=1S/C13H13ClSi.CH3Cl3Si/c14-15-13(11-7-3-1-4-8-11)12-9-5-2-6-10-12;1-5(2,3)4/h1-10,13H,15H2;1H3. The summed E-state index contributed by atoms with van der Waals surface area (Å²) in [5.74, 6) is 0. The zero-order valence-corrected chi connectivity index (χ0v) is 16.5. The van der Waals surface area contributed by atoms with Gasteiger partial charge in [0.15, 0.2) is 0 Å². The van der Waals surface area contributed by atoms with Crippen LogP contribution >= 0.6 is 44.3 Å². The maximum absolute atomic E-state index is 6.18. The van der Waals surface area contributed by atoms with Gasteiger partial charge in [0.2, 0.25) is 0 Å². The number of benzene rings is 2. The van der Waals surface area contributed by atoms with Gasteiger partial charge in [0.05, 0.1) is 0 Å². The van der Waals surface area contributed by atoms with E-state index in [1.165, 1.54) is 11.1 Å². The predicted molar refractivity (Wildman–Crippen MR) is 98.3 cm³/mol. The van der Waals surface area contributed by atoms with Gasteiger partial charge in [-0.05, 0) is 17.7 Å². The molecule has 108 valence electrons. The summed E-state index contributed by atoms with van der Waals surface area (Å²) in [5, 5.41) is 0. The Hall–Kier alpha value is 0.0338. The molecule has 0 aliphatic carbocycles. The summed E-state index contributed by atoms with van der Waals surface area (Å²) in [6.45, 7) is 1.62. The largest absolute Gasteiger partial charge is 0.338 e. The van der Waals surface area contributed by atoms with E-state index in [0.717, 1.165) is 0 Å². The second-order valence-corrected chi connectivity index (χ2v) is 16.5. The highest BCUT2D eigenvalue weighted by Crippen LogP contribution is 2.23. The highest BCUT2D eigenvalue weighted by Gasteiger charge is 2.13. The minimum absolute atomic E-state index is 0.439. The Labute approximate surface area is 142 Å². The van der Waals surface area contributed by atoms with Crippen LogP contribution in [0, 0.1) is 0 Å². The van der Waals surface area contributed by atoms with Gasteiger partial charge >= 0.3 is 6.00 Å². The molecule has 2 aromatic rings. The maximum Gasteiger partial charge on any atom is 0.338 e. The van der Waals surface area contributed by atoms with Crippen molar-refractivity contribution in [2.75, 3.05) is 0 Å². The van der Waals surface area contributed by atoms with Crippen molar-refractivity contribution in [3.05, 3.63) is 71.8 Å². The third-order valence-electron chi connectivity index (χ3n) is 2.56. The Morgan fingerprint density at radius 1 is 0.800 bits per heavy atom. The number of rotatable bonds is 3. The van der Waals surface area contributed by atoms with E-state index in [1.54, 1.807) is 6.55 Å². The monoisotopic (exact) mass is 380 g/mol. The first-order valence-corrected chi connectivity index (χ1v) is 14.6. The van der Waals surface area contributed by atoms with Crippen LogP contribution in [0.1, 0.15) is 16.7 Å². The van der Waals surface area contributed by atoms with E-state index >= 15 is 0 Å². The van der Waals surface area contributed by atoms with E-state index in [9.17, 15) is 0 Å². The molecule has 0 aromatic heterocycles. The third kappa shape index (κ3) is 7.72. The molecule has 0 radical (unpaired) electrons. The summed E-state index contributed by atoms with van der Waals surface area (Å²) in [7, 11) is -0.596. The van der Waals surface area contributed by atoms with Crippen molar-refractivity contribution < 1.29 is 0 Å². The number of halogens is 4. The summed E-state index contributed by atoms with van der Waals surface area (Å²) in [4.78, 5) is 0. The van der Waals surface area contributed by atoms with Crippen LogP contribution in [0.25, 0.3) is 0 Å². The maximum atomic E-state index is 6.18. The van der Waals surface area contributed by atoms with Crippen molar-refractivity contribution in [3.8, 4) is 0 Å². The van der Waals surface area contributed by atoms with E-state index in [-0.39, 0.29) is 0 Å². The molecule has 0 saturated heterocycles. The lowest BCUT2D eigenvalue weighted by atomic mass is 10.0. The fourth-order valence-corrected chi connectivity index (χ4v) is 3.71. The molecule has 0 N–H and O–H groups in total. The van der Waals surface area contributed by atoms with Crippen molar-refractivity contribution in [2.24, 2.45) is 0 Å². The van der Waals surface area contributed by atoms with E-state index in [0.29, 0.717) is 5.54 Å².